The van der Waals surface area contributed by atoms with E-state index < -0.39 is 5.97 Å². The third kappa shape index (κ3) is 2.44. The van der Waals surface area contributed by atoms with Crippen molar-refractivity contribution in [2.75, 3.05) is 0 Å². The second-order valence-electron chi connectivity index (χ2n) is 3.53. The number of aromatic nitrogens is 2. The zero-order valence-corrected chi connectivity index (χ0v) is 9.32. The van der Waals surface area contributed by atoms with Crippen LogP contribution in [0.2, 0.25) is 0 Å². The molecule has 88 valence electrons. The fraction of sp³-hybridized carbons (Fsp3) is 0. The summed E-state index contributed by atoms with van der Waals surface area (Å²) in [6.07, 6.45) is 5.85. The first-order valence-corrected chi connectivity index (χ1v) is 5.14. The summed E-state index contributed by atoms with van der Waals surface area (Å²) in [6, 6.07) is 8.70. The highest BCUT2D eigenvalue weighted by atomic mass is 16.4. The van der Waals surface area contributed by atoms with E-state index >= 15 is 0 Å². The van der Waals surface area contributed by atoms with Gasteiger partial charge in [-0.05, 0) is 17.7 Å². The van der Waals surface area contributed by atoms with Crippen molar-refractivity contribution in [2.45, 2.75) is 0 Å². The quantitative estimate of drug-likeness (QED) is 0.827. The highest BCUT2D eigenvalue weighted by Gasteiger charge is 2.06. The van der Waals surface area contributed by atoms with Crippen molar-refractivity contribution in [1.82, 2.24) is 9.55 Å². The molecule has 0 aliphatic carbocycles. The Morgan fingerprint density at radius 3 is 2.61 bits per heavy atom. The summed E-state index contributed by atoms with van der Waals surface area (Å²) in [4.78, 5) is 14.7. The van der Waals surface area contributed by atoms with Crippen LogP contribution in [0.25, 0.3) is 5.70 Å². The summed E-state index contributed by atoms with van der Waals surface area (Å²) in [5, 5.41) is 17.6. The molecule has 1 N–H and O–H groups in total. The molecule has 0 amide bonds. The number of aliphatic carboxylic acids is 1. The standard InChI is InChI=1S/C13H9N3O2/c14-8-10-1-3-11(4-2-10)12(7-13(17)18)16-6-5-15-9-16/h1-7,9H,(H,17,18)/b12-7+. The summed E-state index contributed by atoms with van der Waals surface area (Å²) in [6.45, 7) is 0. The summed E-state index contributed by atoms with van der Waals surface area (Å²) in [5.41, 5.74) is 1.72. The molecule has 0 fully saturated rings. The lowest BCUT2D eigenvalue weighted by atomic mass is 10.1. The van der Waals surface area contributed by atoms with Gasteiger partial charge in [-0.25, -0.2) is 9.78 Å². The van der Waals surface area contributed by atoms with E-state index in [-0.39, 0.29) is 0 Å². The number of nitriles is 1. The molecule has 0 radical (unpaired) electrons. The van der Waals surface area contributed by atoms with Crippen molar-refractivity contribution in [1.29, 1.82) is 5.26 Å². The molecule has 1 heterocycles. The molecule has 1 aromatic heterocycles. The first-order valence-electron chi connectivity index (χ1n) is 5.14. The molecule has 0 atom stereocenters. The lowest BCUT2D eigenvalue weighted by Gasteiger charge is -2.07. The Balaban J connectivity index is 2.47. The monoisotopic (exact) mass is 239 g/mol. The molecule has 1 aromatic carbocycles. The zero-order chi connectivity index (χ0) is 13.0. The van der Waals surface area contributed by atoms with Gasteiger partial charge in [-0.2, -0.15) is 5.26 Å². The second-order valence-corrected chi connectivity index (χ2v) is 3.53. The highest BCUT2D eigenvalue weighted by molar-refractivity contribution is 5.90. The molecule has 0 aliphatic rings. The van der Waals surface area contributed by atoms with Gasteiger partial charge in [-0.3, -0.25) is 0 Å². The fourth-order valence-electron chi connectivity index (χ4n) is 1.54. The minimum atomic E-state index is -1.04. The van der Waals surface area contributed by atoms with E-state index in [4.69, 9.17) is 10.4 Å². The average molecular weight is 239 g/mol. The molecular formula is C13H9N3O2. The van der Waals surface area contributed by atoms with Crippen molar-refractivity contribution in [2.24, 2.45) is 0 Å². The van der Waals surface area contributed by atoms with Crippen LogP contribution in [0.5, 0.6) is 0 Å². The number of imidazole rings is 1. The predicted molar refractivity (Wildman–Crippen MR) is 64.4 cm³/mol. The van der Waals surface area contributed by atoms with Gasteiger partial charge in [0.1, 0.15) is 0 Å². The molecule has 2 aromatic rings. The molecule has 0 saturated carbocycles. The molecule has 0 unspecified atom stereocenters. The predicted octanol–water partition coefficient (Wildman–Crippen LogP) is 1.73. The molecule has 18 heavy (non-hydrogen) atoms. The van der Waals surface area contributed by atoms with Gasteiger partial charge < -0.3 is 9.67 Å². The molecule has 5 nitrogen and oxygen atoms in total. The van der Waals surface area contributed by atoms with E-state index in [9.17, 15) is 4.79 Å². The van der Waals surface area contributed by atoms with Gasteiger partial charge >= 0.3 is 5.97 Å². The maximum atomic E-state index is 10.8. The van der Waals surface area contributed by atoms with Gasteiger partial charge in [0.2, 0.25) is 0 Å². The molecule has 0 aliphatic heterocycles. The van der Waals surface area contributed by atoms with E-state index in [1.54, 1.807) is 41.2 Å². The van der Waals surface area contributed by atoms with Crippen molar-refractivity contribution >= 4 is 11.7 Å². The third-order valence-electron chi connectivity index (χ3n) is 2.35. The first-order chi connectivity index (χ1) is 8.70. The topological polar surface area (TPSA) is 78.9 Å². The van der Waals surface area contributed by atoms with Gasteiger partial charge in [0.05, 0.1) is 23.7 Å². The van der Waals surface area contributed by atoms with Gasteiger partial charge in [0, 0.05) is 18.5 Å². The average Bonchev–Trinajstić information content (AvgIpc) is 2.89. The Hall–Kier alpha value is -2.87. The number of carboxylic acids is 1. The Bertz CT molecular complexity index is 619. The molecule has 2 rings (SSSR count). The lowest BCUT2D eigenvalue weighted by Crippen LogP contribution is -2.00. The van der Waals surface area contributed by atoms with Gasteiger partial charge in [0.15, 0.2) is 0 Å². The summed E-state index contributed by atoms with van der Waals surface area (Å²) in [7, 11) is 0. The maximum Gasteiger partial charge on any atom is 0.330 e. The Kier molecular flexibility index (Phi) is 3.21. The third-order valence-corrected chi connectivity index (χ3v) is 2.35. The molecule has 0 bridgehead atoms. The van der Waals surface area contributed by atoms with E-state index in [0.717, 1.165) is 6.08 Å². The van der Waals surface area contributed by atoms with Crippen LogP contribution in [0.3, 0.4) is 0 Å². The van der Waals surface area contributed by atoms with Crippen LogP contribution in [0, 0.1) is 11.3 Å². The number of rotatable bonds is 3. The van der Waals surface area contributed by atoms with Crippen LogP contribution in [0.1, 0.15) is 11.1 Å². The van der Waals surface area contributed by atoms with Crippen LogP contribution in [0.15, 0.2) is 49.1 Å². The molecule has 0 saturated heterocycles. The molecule has 5 heteroatoms. The minimum Gasteiger partial charge on any atom is -0.478 e. The van der Waals surface area contributed by atoms with Crippen molar-refractivity contribution < 1.29 is 9.90 Å². The van der Waals surface area contributed by atoms with Crippen LogP contribution < -0.4 is 0 Å². The molecule has 0 spiro atoms. The van der Waals surface area contributed by atoms with E-state index in [0.29, 0.717) is 16.8 Å². The van der Waals surface area contributed by atoms with E-state index in [1.165, 1.54) is 6.33 Å². The molecular weight excluding hydrogens is 230 g/mol. The zero-order valence-electron chi connectivity index (χ0n) is 9.32. The number of carbonyl (C=O) groups is 1. The second kappa shape index (κ2) is 4.97. The number of hydrogen-bond donors (Lipinski definition) is 1. The highest BCUT2D eigenvalue weighted by Crippen LogP contribution is 2.17. The van der Waals surface area contributed by atoms with E-state index in [1.807, 2.05) is 6.07 Å². The summed E-state index contributed by atoms with van der Waals surface area (Å²) < 4.78 is 1.61. The minimum absolute atomic E-state index is 0.490. The Morgan fingerprint density at radius 2 is 2.11 bits per heavy atom. The van der Waals surface area contributed by atoms with E-state index in [2.05, 4.69) is 4.98 Å². The fourth-order valence-corrected chi connectivity index (χ4v) is 1.54. The van der Waals surface area contributed by atoms with Crippen molar-refractivity contribution in [3.05, 3.63) is 60.2 Å². The number of nitrogens with zero attached hydrogens (tertiary/aromatic N) is 3. The summed E-state index contributed by atoms with van der Waals surface area (Å²) in [5.74, 6) is -1.04. The number of carboxylic acid groups (broad SMARTS) is 1. The largest absolute Gasteiger partial charge is 0.478 e. The first kappa shape index (κ1) is 11.6. The summed E-state index contributed by atoms with van der Waals surface area (Å²) >= 11 is 0. The SMILES string of the molecule is N#Cc1ccc(/C(=C\C(=O)O)n2ccnc2)cc1. The van der Waals surface area contributed by atoms with Gasteiger partial charge in [-0.1, -0.05) is 12.1 Å². The van der Waals surface area contributed by atoms with Crippen LogP contribution in [-0.2, 0) is 4.79 Å². The maximum absolute atomic E-state index is 10.8. The van der Waals surface area contributed by atoms with Crippen molar-refractivity contribution in [3.8, 4) is 6.07 Å². The van der Waals surface area contributed by atoms with Crippen LogP contribution >= 0.6 is 0 Å². The van der Waals surface area contributed by atoms with Gasteiger partial charge in [-0.15, -0.1) is 0 Å². The lowest BCUT2D eigenvalue weighted by molar-refractivity contribution is -0.131. The van der Waals surface area contributed by atoms with Gasteiger partial charge in [0.25, 0.3) is 0 Å². The Morgan fingerprint density at radius 1 is 1.39 bits per heavy atom. The Labute approximate surface area is 103 Å². The number of benzene rings is 1. The van der Waals surface area contributed by atoms with Crippen LogP contribution in [-0.4, -0.2) is 20.6 Å². The van der Waals surface area contributed by atoms with Crippen LogP contribution in [0.4, 0.5) is 0 Å². The number of hydrogen-bond acceptors (Lipinski definition) is 3. The van der Waals surface area contributed by atoms with Crippen molar-refractivity contribution in [3.63, 3.8) is 0 Å². The smallest absolute Gasteiger partial charge is 0.330 e. The normalized spacial score (nSPS) is 10.9.